The number of aromatic nitrogens is 1. The number of aryl methyl sites for hydroxylation is 1. The standard InChI is InChI=1S/C22H32N6S/c1-17-15-21(28-10-3-2-4-11-28)26-20-6-5-18(16-19(17)20)25-22(29)24-9-14-27-12-7-23-8-13-27/h5-6,15-16,23H,2-4,7-14H2,1H3,(H2,24,25,29). The van der Waals surface area contributed by atoms with E-state index in [9.17, 15) is 0 Å². The van der Waals surface area contributed by atoms with E-state index in [2.05, 4.69) is 56.9 Å². The van der Waals surface area contributed by atoms with Crippen molar-refractivity contribution in [1.29, 1.82) is 0 Å². The lowest BCUT2D eigenvalue weighted by Crippen LogP contribution is -2.46. The van der Waals surface area contributed by atoms with E-state index in [1.165, 1.54) is 30.2 Å². The van der Waals surface area contributed by atoms with Gasteiger partial charge in [-0.15, -0.1) is 0 Å². The van der Waals surface area contributed by atoms with Crippen LogP contribution in [-0.4, -0.2) is 67.4 Å². The van der Waals surface area contributed by atoms with Crippen LogP contribution in [0, 0.1) is 6.92 Å². The SMILES string of the molecule is Cc1cc(N2CCCCC2)nc2ccc(NC(=S)NCCN3CCNCC3)cc12. The van der Waals surface area contributed by atoms with Crippen molar-refractivity contribution in [3.63, 3.8) is 0 Å². The van der Waals surface area contributed by atoms with Gasteiger partial charge in [0.25, 0.3) is 0 Å². The zero-order valence-corrected chi connectivity index (χ0v) is 18.2. The Kier molecular flexibility index (Phi) is 6.79. The third kappa shape index (κ3) is 5.35. The molecule has 3 heterocycles. The van der Waals surface area contributed by atoms with Gasteiger partial charge in [-0.1, -0.05) is 0 Å². The van der Waals surface area contributed by atoms with Gasteiger partial charge in [-0.05, 0) is 68.2 Å². The van der Waals surface area contributed by atoms with Crippen LogP contribution in [0.4, 0.5) is 11.5 Å². The molecule has 7 heteroatoms. The molecular formula is C22H32N6S. The third-order valence-corrected chi connectivity index (χ3v) is 6.11. The molecule has 0 atom stereocenters. The van der Waals surface area contributed by atoms with Gasteiger partial charge in [-0.25, -0.2) is 4.98 Å². The summed E-state index contributed by atoms with van der Waals surface area (Å²) in [7, 11) is 0. The predicted octanol–water partition coefficient (Wildman–Crippen LogP) is 2.73. The molecule has 2 aliphatic rings. The van der Waals surface area contributed by atoms with E-state index >= 15 is 0 Å². The summed E-state index contributed by atoms with van der Waals surface area (Å²) in [5.74, 6) is 1.11. The van der Waals surface area contributed by atoms with E-state index in [0.29, 0.717) is 5.11 Å². The van der Waals surface area contributed by atoms with Crippen LogP contribution in [0.25, 0.3) is 10.9 Å². The number of nitrogens with one attached hydrogen (secondary N) is 3. The summed E-state index contributed by atoms with van der Waals surface area (Å²) >= 11 is 5.49. The van der Waals surface area contributed by atoms with E-state index in [4.69, 9.17) is 17.2 Å². The second-order valence-corrected chi connectivity index (χ2v) is 8.46. The summed E-state index contributed by atoms with van der Waals surface area (Å²) in [5.41, 5.74) is 3.32. The van der Waals surface area contributed by atoms with Gasteiger partial charge in [0.15, 0.2) is 5.11 Å². The fourth-order valence-electron chi connectivity index (χ4n) is 4.18. The number of piperidine rings is 1. The first-order valence-corrected chi connectivity index (χ1v) is 11.2. The molecule has 0 bridgehead atoms. The number of hydrogen-bond acceptors (Lipinski definition) is 5. The van der Waals surface area contributed by atoms with Crippen LogP contribution in [0.3, 0.4) is 0 Å². The summed E-state index contributed by atoms with van der Waals surface area (Å²) < 4.78 is 0. The van der Waals surface area contributed by atoms with Gasteiger partial charge in [-0.2, -0.15) is 0 Å². The zero-order valence-electron chi connectivity index (χ0n) is 17.3. The summed E-state index contributed by atoms with van der Waals surface area (Å²) in [6, 6.07) is 8.55. The van der Waals surface area contributed by atoms with Gasteiger partial charge in [0.2, 0.25) is 0 Å². The molecule has 29 heavy (non-hydrogen) atoms. The zero-order chi connectivity index (χ0) is 20.1. The molecule has 2 fully saturated rings. The summed E-state index contributed by atoms with van der Waals surface area (Å²) in [6.07, 6.45) is 3.86. The van der Waals surface area contributed by atoms with Gasteiger partial charge in [0.05, 0.1) is 5.52 Å². The molecule has 2 aromatic rings. The summed E-state index contributed by atoms with van der Waals surface area (Å²) in [5, 5.41) is 11.9. The highest BCUT2D eigenvalue weighted by Gasteiger charge is 2.14. The van der Waals surface area contributed by atoms with Crippen LogP contribution in [-0.2, 0) is 0 Å². The van der Waals surface area contributed by atoms with Crippen molar-refractivity contribution in [1.82, 2.24) is 20.5 Å². The fourth-order valence-corrected chi connectivity index (χ4v) is 4.40. The van der Waals surface area contributed by atoms with Crippen LogP contribution >= 0.6 is 12.2 Å². The maximum Gasteiger partial charge on any atom is 0.170 e. The molecule has 3 N–H and O–H groups in total. The maximum absolute atomic E-state index is 5.49. The molecule has 1 aromatic carbocycles. The van der Waals surface area contributed by atoms with Crippen molar-refractivity contribution in [2.75, 3.05) is 62.6 Å². The quantitative estimate of drug-likeness (QED) is 0.653. The number of rotatable bonds is 5. The Morgan fingerprint density at radius 1 is 1.10 bits per heavy atom. The molecular weight excluding hydrogens is 380 g/mol. The molecule has 0 saturated carbocycles. The molecule has 0 amide bonds. The molecule has 6 nitrogen and oxygen atoms in total. The maximum atomic E-state index is 5.49. The molecule has 156 valence electrons. The Labute approximate surface area is 179 Å². The summed E-state index contributed by atoms with van der Waals surface area (Å²) in [4.78, 5) is 9.79. The Morgan fingerprint density at radius 2 is 1.90 bits per heavy atom. The number of nitrogens with zero attached hydrogens (tertiary/aromatic N) is 3. The molecule has 1 aromatic heterocycles. The minimum Gasteiger partial charge on any atom is -0.361 e. The fraction of sp³-hybridized carbons (Fsp3) is 0.545. The Bertz CT molecular complexity index is 843. The largest absolute Gasteiger partial charge is 0.361 e. The number of hydrogen-bond donors (Lipinski definition) is 3. The van der Waals surface area contributed by atoms with Crippen molar-refractivity contribution >= 4 is 39.7 Å². The Morgan fingerprint density at radius 3 is 2.69 bits per heavy atom. The highest BCUT2D eigenvalue weighted by molar-refractivity contribution is 7.80. The van der Waals surface area contributed by atoms with E-state index in [0.717, 1.165) is 69.4 Å². The minimum atomic E-state index is 0.676. The van der Waals surface area contributed by atoms with Crippen molar-refractivity contribution in [2.45, 2.75) is 26.2 Å². The lowest BCUT2D eigenvalue weighted by molar-refractivity contribution is 0.245. The third-order valence-electron chi connectivity index (χ3n) is 5.86. The van der Waals surface area contributed by atoms with Crippen LogP contribution in [0.2, 0.25) is 0 Å². The van der Waals surface area contributed by atoms with Crippen LogP contribution in [0.1, 0.15) is 24.8 Å². The van der Waals surface area contributed by atoms with Gasteiger partial charge < -0.3 is 20.9 Å². The number of piperazine rings is 1. The van der Waals surface area contributed by atoms with Crippen molar-refractivity contribution in [3.05, 3.63) is 29.8 Å². The topological polar surface area (TPSA) is 55.5 Å². The lowest BCUT2D eigenvalue weighted by atomic mass is 10.1. The summed E-state index contributed by atoms with van der Waals surface area (Å²) in [6.45, 7) is 10.7. The van der Waals surface area contributed by atoms with E-state index < -0.39 is 0 Å². The molecule has 0 radical (unpaired) electrons. The van der Waals surface area contributed by atoms with Crippen LogP contribution < -0.4 is 20.9 Å². The number of pyridine rings is 1. The van der Waals surface area contributed by atoms with E-state index in [1.807, 2.05) is 0 Å². The second kappa shape index (κ2) is 9.69. The lowest BCUT2D eigenvalue weighted by Gasteiger charge is -2.28. The highest BCUT2D eigenvalue weighted by Crippen LogP contribution is 2.26. The number of benzene rings is 1. The number of fused-ring (bicyclic) bond motifs is 1. The average Bonchev–Trinajstić information content (AvgIpc) is 2.75. The van der Waals surface area contributed by atoms with Gasteiger partial charge >= 0.3 is 0 Å². The Hall–Kier alpha value is -1.96. The monoisotopic (exact) mass is 412 g/mol. The minimum absolute atomic E-state index is 0.676. The molecule has 0 unspecified atom stereocenters. The first-order valence-electron chi connectivity index (χ1n) is 10.8. The van der Waals surface area contributed by atoms with Crippen molar-refractivity contribution in [2.24, 2.45) is 0 Å². The van der Waals surface area contributed by atoms with Crippen molar-refractivity contribution in [3.8, 4) is 0 Å². The second-order valence-electron chi connectivity index (χ2n) is 8.05. The van der Waals surface area contributed by atoms with Gasteiger partial charge in [0, 0.05) is 63.4 Å². The molecule has 2 saturated heterocycles. The van der Waals surface area contributed by atoms with Gasteiger partial charge in [-0.3, -0.25) is 4.90 Å². The van der Waals surface area contributed by atoms with Crippen molar-refractivity contribution < 1.29 is 0 Å². The Balaban J connectivity index is 1.36. The first kappa shape index (κ1) is 20.3. The van der Waals surface area contributed by atoms with E-state index in [1.54, 1.807) is 0 Å². The average molecular weight is 413 g/mol. The molecule has 4 rings (SSSR count). The normalized spacial score (nSPS) is 18.0. The van der Waals surface area contributed by atoms with Gasteiger partial charge in [0.1, 0.15) is 5.82 Å². The highest BCUT2D eigenvalue weighted by atomic mass is 32.1. The predicted molar refractivity (Wildman–Crippen MR) is 126 cm³/mol. The molecule has 0 aliphatic carbocycles. The first-order chi connectivity index (χ1) is 14.2. The number of anilines is 2. The van der Waals surface area contributed by atoms with Crippen LogP contribution in [0.5, 0.6) is 0 Å². The smallest absolute Gasteiger partial charge is 0.170 e. The van der Waals surface area contributed by atoms with Crippen LogP contribution in [0.15, 0.2) is 24.3 Å². The molecule has 2 aliphatic heterocycles. The number of thiocarbonyl (C=S) groups is 1. The van der Waals surface area contributed by atoms with E-state index in [-0.39, 0.29) is 0 Å². The molecule has 0 spiro atoms.